The van der Waals surface area contributed by atoms with Crippen molar-refractivity contribution in [2.75, 3.05) is 13.2 Å². The number of rotatable bonds is 29. The lowest BCUT2D eigenvalue weighted by Gasteiger charge is -2.26. The zero-order valence-electron chi connectivity index (χ0n) is 41.5. The Balaban J connectivity index is 1.49. The lowest BCUT2D eigenvalue weighted by molar-refractivity contribution is -0.138. The summed E-state index contributed by atoms with van der Waals surface area (Å²) in [5.74, 6) is -4.05. The maximum Gasteiger partial charge on any atom is 0.408 e. The molecule has 5 atom stereocenters. The second-order valence-electron chi connectivity index (χ2n) is 18.4. The van der Waals surface area contributed by atoms with Crippen LogP contribution in [0.2, 0.25) is 0 Å². The number of carboxylic acids is 1. The van der Waals surface area contributed by atoms with Crippen LogP contribution in [-0.4, -0.2) is 114 Å². The number of alkyl carbamates (subject to hydrolysis) is 1. The summed E-state index contributed by atoms with van der Waals surface area (Å²) in [7, 11) is -4.50. The van der Waals surface area contributed by atoms with E-state index in [4.69, 9.17) is 9.47 Å². The van der Waals surface area contributed by atoms with Gasteiger partial charge in [0.25, 0.3) is 10.1 Å². The molecule has 6 amide bonds. The summed E-state index contributed by atoms with van der Waals surface area (Å²) in [6, 6.07) is 15.8. The van der Waals surface area contributed by atoms with Crippen molar-refractivity contribution in [2.45, 2.75) is 146 Å². The number of fused-ring (bicyclic) bond motifs is 1. The van der Waals surface area contributed by atoms with Crippen LogP contribution >= 0.6 is 0 Å². The maximum atomic E-state index is 14.3. The van der Waals surface area contributed by atoms with E-state index in [1.807, 2.05) is 56.3 Å². The molecule has 3 aromatic carbocycles. The second-order valence-corrected chi connectivity index (χ2v) is 19.9. The van der Waals surface area contributed by atoms with Crippen molar-refractivity contribution in [2.24, 2.45) is 0 Å². The summed E-state index contributed by atoms with van der Waals surface area (Å²) in [6.45, 7) is 8.34. The number of hydrogen-bond acceptors (Lipinski definition) is 11. The summed E-state index contributed by atoms with van der Waals surface area (Å²) < 4.78 is 43.8. The molecule has 0 aliphatic heterocycles. The third-order valence-electron chi connectivity index (χ3n) is 11.3. The predicted molar refractivity (Wildman–Crippen MR) is 268 cm³/mol. The highest BCUT2D eigenvalue weighted by molar-refractivity contribution is 7.85. The molecular formula is C51H69N7O13S. The molecular weight excluding hydrogens is 951 g/mol. The van der Waals surface area contributed by atoms with Crippen LogP contribution in [0.3, 0.4) is 0 Å². The number of nitrogens with one attached hydrogen (secondary N) is 7. The molecule has 0 bridgehead atoms. The van der Waals surface area contributed by atoms with Crippen molar-refractivity contribution in [1.29, 1.82) is 0 Å². The molecule has 4 aromatic rings. The molecule has 0 aliphatic rings. The van der Waals surface area contributed by atoms with Crippen LogP contribution in [0, 0.1) is 0 Å². The zero-order valence-corrected chi connectivity index (χ0v) is 42.3. The molecule has 0 saturated carbocycles. The SMILES string of the molecule is CCCC[C@H](NC(=O)[C@H](Cc1ccc(S(=O)(=O)O)cc1)NC(=O)OC(C)(C)C)C(=O)NCC(=O)N[C@@H](Cc1c[nH]c2ccccc12)C(=O)N[C@@H](CCCC)C(=O)N[C@@H](CCCOc1ccccc1)CC(=O)O. The number of aromatic amines is 1. The quantitative estimate of drug-likeness (QED) is 0.0260. The summed E-state index contributed by atoms with van der Waals surface area (Å²) in [5, 5.41) is 26.5. The van der Waals surface area contributed by atoms with Crippen LogP contribution < -0.4 is 36.6 Å². The lowest BCUT2D eigenvalue weighted by Crippen LogP contribution is -2.57. The normalized spacial score (nSPS) is 13.6. The Hall–Kier alpha value is -7.00. The first-order valence-electron chi connectivity index (χ1n) is 24.1. The number of carbonyl (C=O) groups is 7. The summed E-state index contributed by atoms with van der Waals surface area (Å²) in [4.78, 5) is 97.1. The van der Waals surface area contributed by atoms with E-state index in [0.717, 1.165) is 23.0 Å². The first-order chi connectivity index (χ1) is 34.1. The summed E-state index contributed by atoms with van der Waals surface area (Å²) in [5.41, 5.74) is 0.925. The van der Waals surface area contributed by atoms with Gasteiger partial charge in [-0.2, -0.15) is 8.42 Å². The van der Waals surface area contributed by atoms with E-state index in [9.17, 15) is 51.6 Å². The van der Waals surface area contributed by atoms with E-state index in [1.165, 1.54) is 12.1 Å². The van der Waals surface area contributed by atoms with Gasteiger partial charge in [0, 0.05) is 36.0 Å². The molecule has 0 radical (unpaired) electrons. The Morgan fingerprint density at radius 2 is 1.25 bits per heavy atom. The number of H-pyrrole nitrogens is 1. The molecule has 0 aliphatic carbocycles. The third kappa shape index (κ3) is 20.0. The van der Waals surface area contributed by atoms with Gasteiger partial charge in [0.15, 0.2) is 0 Å². The Bertz CT molecular complexity index is 2550. The number of aliphatic carboxylic acids is 1. The molecule has 9 N–H and O–H groups in total. The smallest absolute Gasteiger partial charge is 0.408 e. The topological polar surface area (TPSA) is 301 Å². The monoisotopic (exact) mass is 1020 g/mol. The van der Waals surface area contributed by atoms with Crippen LogP contribution in [0.1, 0.15) is 104 Å². The first kappa shape index (κ1) is 57.6. The molecule has 1 aromatic heterocycles. The standard InChI is InChI=1S/C51H69N7O13S/c1-6-8-20-40(56-48(64)42(58-50(66)71-51(3,4)5)28-33-23-25-37(26-24-33)72(67,68)69)46(62)53-32-44(59)55-43(29-34-31-52-39-22-14-13-19-38(34)39)49(65)57-41(21-9-7-2)47(63)54-35(30-45(60)61)16-15-27-70-36-17-11-10-12-18-36/h10-14,17-19,22-26,31,35,40-43,52H,6-9,15-16,20-21,27-30,32H2,1-5H3,(H,53,62)(H,54,63)(H,55,59)(H,56,64)(H,57,65)(H,58,66)(H,60,61)(H,67,68,69)/t35-,40-,41-,42-,43-/m0/s1. The van der Waals surface area contributed by atoms with Crippen molar-refractivity contribution in [3.63, 3.8) is 0 Å². The molecule has 21 heteroatoms. The van der Waals surface area contributed by atoms with Crippen LogP contribution in [0.15, 0.2) is 90.0 Å². The Kier molecular flexibility index (Phi) is 22.5. The number of benzene rings is 3. The second kappa shape index (κ2) is 28.1. The van der Waals surface area contributed by atoms with E-state index < -0.39 is 94.1 Å². The number of unbranched alkanes of at least 4 members (excludes halogenated alkanes) is 2. The van der Waals surface area contributed by atoms with Gasteiger partial charge >= 0.3 is 12.1 Å². The van der Waals surface area contributed by atoms with Crippen LogP contribution in [0.4, 0.5) is 4.79 Å². The number of amides is 6. The molecule has 0 saturated heterocycles. The van der Waals surface area contributed by atoms with Gasteiger partial charge in [-0.25, -0.2) is 4.79 Å². The molecule has 0 fully saturated rings. The van der Waals surface area contributed by atoms with Gasteiger partial charge in [-0.15, -0.1) is 0 Å². The number of para-hydroxylation sites is 2. The minimum absolute atomic E-state index is 0.0273. The number of carbonyl (C=O) groups excluding carboxylic acids is 6. The van der Waals surface area contributed by atoms with Crippen LogP contribution in [-0.2, 0) is 56.5 Å². The number of hydrogen-bond donors (Lipinski definition) is 9. The largest absolute Gasteiger partial charge is 0.494 e. The average Bonchev–Trinajstić information content (AvgIpc) is 3.73. The van der Waals surface area contributed by atoms with Crippen LogP contribution in [0.5, 0.6) is 5.75 Å². The maximum absolute atomic E-state index is 14.3. The molecule has 392 valence electrons. The fraction of sp³-hybridized carbons (Fsp3) is 0.471. The highest BCUT2D eigenvalue weighted by Gasteiger charge is 2.32. The number of aromatic nitrogens is 1. The Morgan fingerprint density at radius 1 is 0.667 bits per heavy atom. The Labute approximate surface area is 420 Å². The first-order valence-corrected chi connectivity index (χ1v) is 25.6. The van der Waals surface area contributed by atoms with E-state index in [1.54, 1.807) is 39.1 Å². The van der Waals surface area contributed by atoms with Crippen molar-refractivity contribution >= 4 is 62.6 Å². The molecule has 0 unspecified atom stereocenters. The van der Waals surface area contributed by atoms with E-state index in [0.29, 0.717) is 49.0 Å². The summed E-state index contributed by atoms with van der Waals surface area (Å²) in [6.07, 6.45) is 3.61. The van der Waals surface area contributed by atoms with Gasteiger partial charge in [0.05, 0.1) is 24.5 Å². The lowest BCUT2D eigenvalue weighted by atomic mass is 10.0. The minimum Gasteiger partial charge on any atom is -0.494 e. The van der Waals surface area contributed by atoms with E-state index in [-0.39, 0.29) is 50.0 Å². The van der Waals surface area contributed by atoms with E-state index >= 15 is 0 Å². The molecule has 72 heavy (non-hydrogen) atoms. The van der Waals surface area contributed by atoms with E-state index in [2.05, 4.69) is 36.9 Å². The van der Waals surface area contributed by atoms with Gasteiger partial charge < -0.3 is 51.5 Å². The van der Waals surface area contributed by atoms with Gasteiger partial charge in [-0.1, -0.05) is 88.1 Å². The van der Waals surface area contributed by atoms with Crippen molar-refractivity contribution in [1.82, 2.24) is 36.9 Å². The molecule has 4 rings (SSSR count). The average molecular weight is 1020 g/mol. The number of ether oxygens (including phenoxy) is 2. The zero-order chi connectivity index (χ0) is 52.8. The predicted octanol–water partition coefficient (Wildman–Crippen LogP) is 4.86. The van der Waals surface area contributed by atoms with Gasteiger partial charge in [-0.05, 0) is 87.9 Å². The Morgan fingerprint density at radius 3 is 1.85 bits per heavy atom. The summed E-state index contributed by atoms with van der Waals surface area (Å²) >= 11 is 0. The minimum atomic E-state index is -4.50. The molecule has 20 nitrogen and oxygen atoms in total. The van der Waals surface area contributed by atoms with Gasteiger partial charge in [-0.3, -0.25) is 33.3 Å². The highest BCUT2D eigenvalue weighted by Crippen LogP contribution is 2.20. The van der Waals surface area contributed by atoms with Crippen LogP contribution in [0.25, 0.3) is 10.9 Å². The molecule has 1 heterocycles. The molecule has 0 spiro atoms. The highest BCUT2D eigenvalue weighted by atomic mass is 32.2. The third-order valence-corrected chi connectivity index (χ3v) is 12.1. The fourth-order valence-corrected chi connectivity index (χ4v) is 8.11. The van der Waals surface area contributed by atoms with Gasteiger partial charge in [0.1, 0.15) is 35.5 Å². The fourth-order valence-electron chi connectivity index (χ4n) is 7.63. The van der Waals surface area contributed by atoms with Crippen molar-refractivity contribution in [3.8, 4) is 5.75 Å². The van der Waals surface area contributed by atoms with Crippen molar-refractivity contribution in [3.05, 3.63) is 96.2 Å². The van der Waals surface area contributed by atoms with Crippen molar-refractivity contribution < 1.29 is 61.1 Å². The van der Waals surface area contributed by atoms with Gasteiger partial charge in [0.2, 0.25) is 29.5 Å². The number of carboxylic acid groups (broad SMARTS) is 1.